The predicted octanol–water partition coefficient (Wildman–Crippen LogP) is 3.86. The molecule has 0 spiro atoms. The average Bonchev–Trinajstić information content (AvgIpc) is 2.75. The van der Waals surface area contributed by atoms with E-state index in [9.17, 15) is 14.0 Å². The van der Waals surface area contributed by atoms with E-state index in [1.165, 1.54) is 24.3 Å². The molecule has 146 valence electrons. The fourth-order valence-electron chi connectivity index (χ4n) is 2.81. The zero-order valence-corrected chi connectivity index (χ0v) is 15.2. The molecular weight excluding hydrogens is 375 g/mol. The number of anilines is 2. The molecule has 1 aliphatic heterocycles. The van der Waals surface area contributed by atoms with E-state index in [0.717, 1.165) is 0 Å². The van der Waals surface area contributed by atoms with E-state index in [4.69, 9.17) is 9.47 Å². The molecule has 0 radical (unpaired) electrons. The topological polar surface area (TPSA) is 76.7 Å². The zero-order valence-electron chi connectivity index (χ0n) is 15.2. The average molecular weight is 392 g/mol. The molecule has 2 N–H and O–H groups in total. The van der Waals surface area contributed by atoms with Crippen LogP contribution in [0.2, 0.25) is 0 Å². The Morgan fingerprint density at radius 3 is 2.17 bits per heavy atom. The molecule has 0 saturated heterocycles. The SMILES string of the molecule is O=C(Nc1ccc(F)cc1)c1ccc(NC(=O)[C@H]2COc3ccccc3O2)cc1. The molecule has 1 atom stereocenters. The predicted molar refractivity (Wildman–Crippen MR) is 106 cm³/mol. The smallest absolute Gasteiger partial charge is 0.269 e. The van der Waals surface area contributed by atoms with E-state index < -0.39 is 6.10 Å². The molecule has 29 heavy (non-hydrogen) atoms. The van der Waals surface area contributed by atoms with Gasteiger partial charge in [0, 0.05) is 16.9 Å². The van der Waals surface area contributed by atoms with Crippen LogP contribution in [0.25, 0.3) is 0 Å². The molecule has 7 heteroatoms. The highest BCUT2D eigenvalue weighted by Crippen LogP contribution is 2.31. The normalized spacial score (nSPS) is 14.7. The van der Waals surface area contributed by atoms with Crippen LogP contribution < -0.4 is 20.1 Å². The third kappa shape index (κ3) is 4.35. The number of fused-ring (bicyclic) bond motifs is 1. The summed E-state index contributed by atoms with van der Waals surface area (Å²) < 4.78 is 24.2. The van der Waals surface area contributed by atoms with Gasteiger partial charge in [-0.3, -0.25) is 9.59 Å². The lowest BCUT2D eigenvalue weighted by Gasteiger charge is -2.25. The highest BCUT2D eigenvalue weighted by molar-refractivity contribution is 6.04. The Morgan fingerprint density at radius 1 is 0.828 bits per heavy atom. The quantitative estimate of drug-likeness (QED) is 0.707. The van der Waals surface area contributed by atoms with Crippen molar-refractivity contribution in [1.29, 1.82) is 0 Å². The number of carbonyl (C=O) groups excluding carboxylic acids is 2. The van der Waals surface area contributed by atoms with Crippen LogP contribution in [0, 0.1) is 5.82 Å². The Labute approximate surface area is 166 Å². The summed E-state index contributed by atoms with van der Waals surface area (Å²) >= 11 is 0. The van der Waals surface area contributed by atoms with Gasteiger partial charge < -0.3 is 20.1 Å². The lowest BCUT2D eigenvalue weighted by molar-refractivity contribution is -0.125. The summed E-state index contributed by atoms with van der Waals surface area (Å²) in [7, 11) is 0. The Kier molecular flexibility index (Phi) is 5.11. The van der Waals surface area contributed by atoms with Gasteiger partial charge in [-0.2, -0.15) is 0 Å². The van der Waals surface area contributed by atoms with Crippen molar-refractivity contribution in [3.8, 4) is 11.5 Å². The van der Waals surface area contributed by atoms with Crippen molar-refractivity contribution in [3.05, 3.63) is 84.2 Å². The second-order valence-electron chi connectivity index (χ2n) is 6.39. The summed E-state index contributed by atoms with van der Waals surface area (Å²) in [6, 6.07) is 19.1. The molecule has 0 aliphatic carbocycles. The summed E-state index contributed by atoms with van der Waals surface area (Å²) in [6.07, 6.45) is -0.772. The molecule has 1 heterocycles. The number of hydrogen-bond acceptors (Lipinski definition) is 4. The highest BCUT2D eigenvalue weighted by Gasteiger charge is 2.27. The van der Waals surface area contributed by atoms with E-state index in [0.29, 0.717) is 28.4 Å². The first kappa shape index (κ1) is 18.5. The minimum absolute atomic E-state index is 0.112. The van der Waals surface area contributed by atoms with Gasteiger partial charge >= 0.3 is 0 Å². The molecule has 6 nitrogen and oxygen atoms in total. The van der Waals surface area contributed by atoms with E-state index >= 15 is 0 Å². The van der Waals surface area contributed by atoms with Crippen molar-refractivity contribution in [3.63, 3.8) is 0 Å². The maximum atomic E-state index is 12.9. The second kappa shape index (κ2) is 8.02. The zero-order chi connectivity index (χ0) is 20.2. The van der Waals surface area contributed by atoms with E-state index in [2.05, 4.69) is 10.6 Å². The summed E-state index contributed by atoms with van der Waals surface area (Å²) in [5, 5.41) is 5.42. The van der Waals surface area contributed by atoms with Gasteiger partial charge in [0.2, 0.25) is 6.10 Å². The molecular formula is C22H17FN2O4. The number of benzene rings is 3. The highest BCUT2D eigenvalue weighted by atomic mass is 19.1. The van der Waals surface area contributed by atoms with Crippen LogP contribution in [0.5, 0.6) is 11.5 Å². The first-order chi connectivity index (χ1) is 14.1. The minimum atomic E-state index is -0.772. The standard InChI is InChI=1S/C22H17FN2O4/c23-15-7-11-17(12-8-15)24-21(26)14-5-9-16(10-6-14)25-22(27)20-13-28-18-3-1-2-4-19(18)29-20/h1-12,20H,13H2,(H,24,26)(H,25,27)/t20-/m1/s1. The van der Waals surface area contributed by atoms with Crippen LogP contribution in [0.1, 0.15) is 10.4 Å². The van der Waals surface area contributed by atoms with Crippen LogP contribution in [-0.4, -0.2) is 24.5 Å². The Hall–Kier alpha value is -3.87. The summed E-state index contributed by atoms with van der Waals surface area (Å²) in [6.45, 7) is 0.112. The number of hydrogen-bond donors (Lipinski definition) is 2. The number of carbonyl (C=O) groups is 2. The fraction of sp³-hybridized carbons (Fsp3) is 0.0909. The van der Waals surface area contributed by atoms with Crippen molar-refractivity contribution in [2.75, 3.05) is 17.2 Å². The van der Waals surface area contributed by atoms with Crippen LogP contribution in [0.3, 0.4) is 0 Å². The third-order valence-corrected chi connectivity index (χ3v) is 4.32. The molecule has 2 amide bonds. The molecule has 0 aromatic heterocycles. The molecule has 0 fully saturated rings. The van der Waals surface area contributed by atoms with E-state index in [1.807, 2.05) is 6.07 Å². The molecule has 0 saturated carbocycles. The molecule has 0 bridgehead atoms. The number of ether oxygens (including phenoxy) is 2. The van der Waals surface area contributed by atoms with E-state index in [-0.39, 0.29) is 24.2 Å². The van der Waals surface area contributed by atoms with Gasteiger partial charge in [0.05, 0.1) is 0 Å². The van der Waals surface area contributed by atoms with Crippen LogP contribution in [-0.2, 0) is 4.79 Å². The molecule has 1 aliphatic rings. The molecule has 4 rings (SSSR count). The Morgan fingerprint density at radius 2 is 1.45 bits per heavy atom. The maximum Gasteiger partial charge on any atom is 0.269 e. The van der Waals surface area contributed by atoms with Gasteiger partial charge in [-0.15, -0.1) is 0 Å². The minimum Gasteiger partial charge on any atom is -0.485 e. The van der Waals surface area contributed by atoms with Crippen molar-refractivity contribution >= 4 is 23.2 Å². The van der Waals surface area contributed by atoms with Gasteiger partial charge in [-0.1, -0.05) is 12.1 Å². The summed E-state index contributed by atoms with van der Waals surface area (Å²) in [5.74, 6) is 0.0665. The number of rotatable bonds is 4. The number of halogens is 1. The van der Waals surface area contributed by atoms with Crippen LogP contribution >= 0.6 is 0 Å². The van der Waals surface area contributed by atoms with Crippen LogP contribution in [0.15, 0.2) is 72.8 Å². The van der Waals surface area contributed by atoms with Crippen molar-refractivity contribution in [2.24, 2.45) is 0 Å². The lowest BCUT2D eigenvalue weighted by atomic mass is 10.1. The Balaban J connectivity index is 1.36. The monoisotopic (exact) mass is 392 g/mol. The van der Waals surface area contributed by atoms with Crippen molar-refractivity contribution in [1.82, 2.24) is 0 Å². The lowest BCUT2D eigenvalue weighted by Crippen LogP contribution is -2.40. The number of amides is 2. The maximum absolute atomic E-state index is 12.9. The largest absolute Gasteiger partial charge is 0.485 e. The fourth-order valence-corrected chi connectivity index (χ4v) is 2.81. The van der Waals surface area contributed by atoms with Crippen molar-refractivity contribution in [2.45, 2.75) is 6.10 Å². The van der Waals surface area contributed by atoms with Gasteiger partial charge in [-0.05, 0) is 60.7 Å². The van der Waals surface area contributed by atoms with Crippen molar-refractivity contribution < 1.29 is 23.5 Å². The molecule has 3 aromatic carbocycles. The number of para-hydroxylation sites is 2. The van der Waals surface area contributed by atoms with Gasteiger partial charge in [0.1, 0.15) is 12.4 Å². The molecule has 0 unspecified atom stereocenters. The third-order valence-electron chi connectivity index (χ3n) is 4.32. The summed E-state index contributed by atoms with van der Waals surface area (Å²) in [5.41, 5.74) is 1.41. The van der Waals surface area contributed by atoms with Gasteiger partial charge in [0.15, 0.2) is 11.5 Å². The number of nitrogens with one attached hydrogen (secondary N) is 2. The second-order valence-corrected chi connectivity index (χ2v) is 6.39. The van der Waals surface area contributed by atoms with E-state index in [1.54, 1.807) is 42.5 Å². The first-order valence-electron chi connectivity index (χ1n) is 8.95. The summed E-state index contributed by atoms with van der Waals surface area (Å²) in [4.78, 5) is 24.7. The van der Waals surface area contributed by atoms with Crippen LogP contribution in [0.4, 0.5) is 15.8 Å². The Bertz CT molecular complexity index is 1040. The van der Waals surface area contributed by atoms with Gasteiger partial charge in [-0.25, -0.2) is 4.39 Å². The first-order valence-corrected chi connectivity index (χ1v) is 8.95. The van der Waals surface area contributed by atoms with Gasteiger partial charge in [0.25, 0.3) is 11.8 Å². The molecule has 3 aromatic rings.